The first kappa shape index (κ1) is 11.8. The van der Waals surface area contributed by atoms with Gasteiger partial charge in [0.2, 0.25) is 15.7 Å². The van der Waals surface area contributed by atoms with E-state index in [2.05, 4.69) is 4.98 Å². The van der Waals surface area contributed by atoms with Crippen LogP contribution in [-0.4, -0.2) is 30.8 Å². The summed E-state index contributed by atoms with van der Waals surface area (Å²) >= 11 is 0. The zero-order chi connectivity index (χ0) is 12.3. The summed E-state index contributed by atoms with van der Waals surface area (Å²) in [6, 6.07) is 3.03. The molecule has 1 aromatic heterocycles. The molecule has 1 saturated heterocycles. The maximum absolute atomic E-state index is 11.8. The molecule has 1 aromatic rings. The lowest BCUT2D eigenvalue weighted by Crippen LogP contribution is -2.17. The molecule has 1 fully saturated rings. The summed E-state index contributed by atoms with van der Waals surface area (Å²) in [5.74, 6) is -0.0392. The van der Waals surface area contributed by atoms with Crippen molar-refractivity contribution in [1.29, 1.82) is 0 Å². The minimum absolute atomic E-state index is 0.0392. The molecule has 5 nitrogen and oxygen atoms in total. The van der Waals surface area contributed by atoms with Gasteiger partial charge in [-0.05, 0) is 18.6 Å². The van der Waals surface area contributed by atoms with Crippen LogP contribution in [0.5, 0.6) is 0 Å². The number of carbonyl (C=O) groups excluding carboxylic acids is 1. The van der Waals surface area contributed by atoms with E-state index in [1.165, 1.54) is 29.6 Å². The highest BCUT2D eigenvalue weighted by Crippen LogP contribution is 2.13. The van der Waals surface area contributed by atoms with Crippen LogP contribution in [0.25, 0.3) is 0 Å². The lowest BCUT2D eigenvalue weighted by atomic mass is 10.4. The van der Waals surface area contributed by atoms with Crippen LogP contribution >= 0.6 is 0 Å². The van der Waals surface area contributed by atoms with Crippen LogP contribution in [0.15, 0.2) is 41.0 Å². The lowest BCUT2D eigenvalue weighted by Gasteiger charge is -2.08. The average molecular weight is 252 g/mol. The van der Waals surface area contributed by atoms with Gasteiger partial charge in [0.15, 0.2) is 0 Å². The van der Waals surface area contributed by atoms with Crippen LogP contribution in [-0.2, 0) is 14.6 Å². The molecule has 1 aliphatic rings. The molecule has 0 radical (unpaired) electrons. The molecular formula is C11H12N2O3S. The lowest BCUT2D eigenvalue weighted by molar-refractivity contribution is -0.125. The van der Waals surface area contributed by atoms with Gasteiger partial charge in [0.25, 0.3) is 0 Å². The van der Waals surface area contributed by atoms with Crippen LogP contribution in [0.2, 0.25) is 0 Å². The van der Waals surface area contributed by atoms with Crippen molar-refractivity contribution < 1.29 is 13.2 Å². The van der Waals surface area contributed by atoms with Gasteiger partial charge in [-0.15, -0.1) is 0 Å². The summed E-state index contributed by atoms with van der Waals surface area (Å²) < 4.78 is 23.7. The number of nitrogens with zero attached hydrogens (tertiary/aromatic N) is 2. The van der Waals surface area contributed by atoms with Crippen molar-refractivity contribution in [3.05, 3.63) is 36.1 Å². The number of likely N-dealkylation sites (tertiary alicyclic amines) is 1. The van der Waals surface area contributed by atoms with E-state index in [1.54, 1.807) is 6.07 Å². The second kappa shape index (κ2) is 4.67. The predicted molar refractivity (Wildman–Crippen MR) is 61.5 cm³/mol. The molecule has 0 atom stereocenters. The van der Waals surface area contributed by atoms with Gasteiger partial charge in [0, 0.05) is 31.6 Å². The second-order valence-corrected chi connectivity index (χ2v) is 5.54. The normalized spacial score (nSPS) is 16.9. The van der Waals surface area contributed by atoms with Gasteiger partial charge >= 0.3 is 0 Å². The minimum atomic E-state index is -3.51. The van der Waals surface area contributed by atoms with Crippen LogP contribution in [0.3, 0.4) is 0 Å². The van der Waals surface area contributed by atoms with E-state index < -0.39 is 9.84 Å². The number of rotatable bonds is 3. The summed E-state index contributed by atoms with van der Waals surface area (Å²) in [6.07, 6.45) is 5.38. The van der Waals surface area contributed by atoms with E-state index in [9.17, 15) is 13.2 Å². The molecular weight excluding hydrogens is 240 g/mol. The fourth-order valence-corrected chi connectivity index (χ4v) is 2.51. The third-order valence-electron chi connectivity index (χ3n) is 2.49. The van der Waals surface area contributed by atoms with Crippen molar-refractivity contribution in [2.24, 2.45) is 0 Å². The fraction of sp³-hybridized carbons (Fsp3) is 0.273. The molecule has 0 unspecified atom stereocenters. The monoisotopic (exact) mass is 252 g/mol. The molecule has 2 heterocycles. The van der Waals surface area contributed by atoms with Crippen molar-refractivity contribution >= 4 is 15.7 Å². The van der Waals surface area contributed by atoms with Crippen LogP contribution in [0.1, 0.15) is 12.8 Å². The average Bonchev–Trinajstić information content (AvgIpc) is 2.74. The van der Waals surface area contributed by atoms with Crippen molar-refractivity contribution in [3.63, 3.8) is 0 Å². The maximum Gasteiger partial charge on any atom is 0.226 e. The Bertz CT molecular complexity index is 537. The summed E-state index contributed by atoms with van der Waals surface area (Å²) in [5.41, 5.74) is 0. The summed E-state index contributed by atoms with van der Waals surface area (Å²) in [4.78, 5) is 16.6. The van der Waals surface area contributed by atoms with Gasteiger partial charge in [-0.1, -0.05) is 0 Å². The molecule has 0 N–H and O–H groups in total. The Morgan fingerprint density at radius 1 is 1.41 bits per heavy atom. The Kier molecular flexibility index (Phi) is 3.23. The standard InChI is InChI=1S/C11H12N2O3S/c14-11-4-2-6-13(11)7-8-17(15,16)10-3-1-5-12-9-10/h1,3,5,7-9H,2,4,6H2/b8-7+. The van der Waals surface area contributed by atoms with Crippen LogP contribution in [0.4, 0.5) is 0 Å². The SMILES string of the molecule is O=C1CCCN1/C=C/S(=O)(=O)c1cccnc1. The Morgan fingerprint density at radius 3 is 2.82 bits per heavy atom. The van der Waals surface area contributed by atoms with Crippen LogP contribution < -0.4 is 0 Å². The Morgan fingerprint density at radius 2 is 2.24 bits per heavy atom. The molecule has 0 spiro atoms. The van der Waals surface area contributed by atoms with Gasteiger partial charge in [0.1, 0.15) is 0 Å². The molecule has 90 valence electrons. The van der Waals surface area contributed by atoms with E-state index >= 15 is 0 Å². The predicted octanol–water partition coefficient (Wildman–Crippen LogP) is 0.949. The van der Waals surface area contributed by atoms with E-state index in [0.717, 1.165) is 11.8 Å². The maximum atomic E-state index is 11.8. The molecule has 6 heteroatoms. The molecule has 0 bridgehead atoms. The van der Waals surface area contributed by atoms with Gasteiger partial charge in [-0.3, -0.25) is 9.78 Å². The summed E-state index contributed by atoms with van der Waals surface area (Å²) in [5, 5.41) is 1.05. The zero-order valence-electron chi connectivity index (χ0n) is 9.11. The Balaban J connectivity index is 2.18. The van der Waals surface area contributed by atoms with Gasteiger partial charge in [-0.25, -0.2) is 8.42 Å². The summed E-state index contributed by atoms with van der Waals surface area (Å²) in [6.45, 7) is 0.581. The first-order chi connectivity index (χ1) is 8.09. The highest BCUT2D eigenvalue weighted by molar-refractivity contribution is 7.94. The Hall–Kier alpha value is -1.69. The number of sulfone groups is 1. The van der Waals surface area contributed by atoms with E-state index in [-0.39, 0.29) is 10.8 Å². The zero-order valence-corrected chi connectivity index (χ0v) is 9.93. The number of amides is 1. The van der Waals surface area contributed by atoms with E-state index in [4.69, 9.17) is 0 Å². The smallest absolute Gasteiger partial charge is 0.226 e. The molecule has 0 aliphatic carbocycles. The highest BCUT2D eigenvalue weighted by atomic mass is 32.2. The quantitative estimate of drug-likeness (QED) is 0.803. The highest BCUT2D eigenvalue weighted by Gasteiger charge is 2.18. The van der Waals surface area contributed by atoms with E-state index in [1.807, 2.05) is 0 Å². The second-order valence-electron chi connectivity index (χ2n) is 3.71. The molecule has 0 aromatic carbocycles. The van der Waals surface area contributed by atoms with Crippen molar-refractivity contribution in [3.8, 4) is 0 Å². The molecule has 0 saturated carbocycles. The van der Waals surface area contributed by atoms with Gasteiger partial charge < -0.3 is 4.90 Å². The largest absolute Gasteiger partial charge is 0.318 e. The first-order valence-corrected chi connectivity index (χ1v) is 6.77. The Labute approximate surface area is 99.7 Å². The van der Waals surface area contributed by atoms with Gasteiger partial charge in [-0.2, -0.15) is 0 Å². The molecule has 1 aliphatic heterocycles. The third-order valence-corrected chi connectivity index (χ3v) is 3.87. The first-order valence-electron chi connectivity index (χ1n) is 5.22. The van der Waals surface area contributed by atoms with Crippen molar-refractivity contribution in [2.75, 3.05) is 6.54 Å². The van der Waals surface area contributed by atoms with E-state index in [0.29, 0.717) is 13.0 Å². The fourth-order valence-electron chi connectivity index (χ4n) is 1.57. The summed E-state index contributed by atoms with van der Waals surface area (Å²) in [7, 11) is -3.51. The number of aromatic nitrogens is 1. The molecule has 17 heavy (non-hydrogen) atoms. The topological polar surface area (TPSA) is 67.3 Å². The molecule has 2 rings (SSSR count). The number of hydrogen-bond acceptors (Lipinski definition) is 4. The van der Waals surface area contributed by atoms with Crippen molar-refractivity contribution in [1.82, 2.24) is 9.88 Å². The number of carbonyl (C=O) groups is 1. The van der Waals surface area contributed by atoms with Crippen molar-refractivity contribution in [2.45, 2.75) is 17.7 Å². The molecule has 1 amide bonds. The minimum Gasteiger partial charge on any atom is -0.318 e. The number of hydrogen-bond donors (Lipinski definition) is 0. The van der Waals surface area contributed by atoms with Crippen LogP contribution in [0, 0.1) is 0 Å². The van der Waals surface area contributed by atoms with Gasteiger partial charge in [0.05, 0.1) is 10.3 Å². The number of pyridine rings is 1. The third kappa shape index (κ3) is 2.71.